The van der Waals surface area contributed by atoms with Gasteiger partial charge in [0.05, 0.1) is 0 Å². The van der Waals surface area contributed by atoms with Gasteiger partial charge in [-0.1, -0.05) is 11.8 Å². The molecule has 1 atom stereocenters. The highest BCUT2D eigenvalue weighted by atomic mass is 33.5. The van der Waals surface area contributed by atoms with Gasteiger partial charge < -0.3 is 0 Å². The Kier molecular flexibility index (Phi) is 7.43. The molecule has 0 heterocycles. The zero-order chi connectivity index (χ0) is 4.50. The molecule has 0 N–H and O–H groups in total. The molecule has 0 aliphatic rings. The number of hydrogen-bond donors (Lipinski definition) is 3. The zero-order valence-corrected chi connectivity index (χ0v) is 8.71. The van der Waals surface area contributed by atoms with Crippen LogP contribution in [0.2, 0.25) is 0 Å². The fourth-order valence-corrected chi connectivity index (χ4v) is 0. The molecule has 0 aromatic heterocycles. The van der Waals surface area contributed by atoms with E-state index in [0.29, 0.717) is 0 Å². The third kappa shape index (κ3) is 35.6. The van der Waals surface area contributed by atoms with Crippen LogP contribution in [0.3, 0.4) is 0 Å². The summed E-state index contributed by atoms with van der Waals surface area (Å²) in [5.41, 5.74) is 0. The van der Waals surface area contributed by atoms with Crippen LogP contribution >= 0.6 is 50.3 Å². The first-order valence-corrected chi connectivity index (χ1v) is 7.04. The van der Waals surface area contributed by atoms with Crippen LogP contribution in [0.25, 0.3) is 0 Å². The molecule has 0 aliphatic carbocycles. The first kappa shape index (κ1) is 11.0. The van der Waals surface area contributed by atoms with E-state index in [1.165, 1.54) is 0 Å². The minimum atomic E-state index is -1.72. The molecule has 0 amide bonds. The van der Waals surface area contributed by atoms with E-state index in [1.54, 1.807) is 0 Å². The molecule has 0 nitrogen and oxygen atoms in total. The van der Waals surface area contributed by atoms with Crippen molar-refractivity contribution in [2.45, 2.75) is 0 Å². The van der Waals surface area contributed by atoms with E-state index >= 15 is 0 Å². The summed E-state index contributed by atoms with van der Waals surface area (Å²) in [4.78, 5) is 0. The van der Waals surface area contributed by atoms with Crippen molar-refractivity contribution in [3.8, 4) is 0 Å². The lowest BCUT2D eigenvalue weighted by atomic mass is 29.6. The topological polar surface area (TPSA) is 0 Å². The van der Waals surface area contributed by atoms with Gasteiger partial charge in [0.15, 0.2) is 0 Å². The van der Waals surface area contributed by atoms with Gasteiger partial charge >= 0.3 is 0 Å². The highest BCUT2D eigenvalue weighted by Crippen LogP contribution is 2.60. The predicted molar refractivity (Wildman–Crippen MR) is 52.3 cm³/mol. The highest BCUT2D eigenvalue weighted by Gasteiger charge is 1.87. The number of rotatable bonds is 0. The average molecular weight is 196 g/mol. The van der Waals surface area contributed by atoms with Crippen molar-refractivity contribution in [1.82, 2.24) is 0 Å². The standard InChI is InChI=1S/H3PS4.H3P/c2-1(3,4)5;/h(H3,2,3,4,5);1H3. The minimum Gasteiger partial charge on any atom is -0.153 e. The van der Waals surface area contributed by atoms with Crippen molar-refractivity contribution in [2.75, 3.05) is 0 Å². The smallest absolute Gasteiger partial charge is 0.100 e. The van der Waals surface area contributed by atoms with Crippen LogP contribution in [0.15, 0.2) is 0 Å². The Balaban J connectivity index is 0. The lowest BCUT2D eigenvalue weighted by molar-refractivity contribution is 5.34. The van der Waals surface area contributed by atoms with Gasteiger partial charge in [0, 0.05) is 0 Å². The summed E-state index contributed by atoms with van der Waals surface area (Å²) in [6.45, 7) is 0. The Hall–Kier alpha value is 2.13. The van der Waals surface area contributed by atoms with Crippen molar-refractivity contribution in [3.63, 3.8) is 0 Å². The van der Waals surface area contributed by atoms with Crippen molar-refractivity contribution in [2.24, 2.45) is 0 Å². The normalized spacial score (nSPS) is 9.83. The summed E-state index contributed by atoms with van der Waals surface area (Å²) in [7, 11) is 0. The summed E-state index contributed by atoms with van der Waals surface area (Å²) >= 11 is 15.9. The minimum absolute atomic E-state index is 0. The molecule has 0 aromatic rings. The summed E-state index contributed by atoms with van der Waals surface area (Å²) < 4.78 is -1.72. The summed E-state index contributed by atoms with van der Waals surface area (Å²) in [5, 5.41) is 0. The fraction of sp³-hybridized carbons (Fsp3) is 0. The van der Waals surface area contributed by atoms with Gasteiger partial charge in [0.2, 0.25) is 0 Å². The van der Waals surface area contributed by atoms with Crippen molar-refractivity contribution in [1.29, 1.82) is 0 Å². The third-order valence-corrected chi connectivity index (χ3v) is 0. The van der Waals surface area contributed by atoms with E-state index in [9.17, 15) is 0 Å². The van der Waals surface area contributed by atoms with Crippen LogP contribution in [0.5, 0.6) is 0 Å². The van der Waals surface area contributed by atoms with E-state index in [-0.39, 0.29) is 9.90 Å². The fourth-order valence-electron chi connectivity index (χ4n) is 0. The second kappa shape index (κ2) is 4.05. The predicted octanol–water partition coefficient (Wildman–Crippen LogP) is 2.06. The Morgan fingerprint density at radius 2 is 1.17 bits per heavy atom. The second-order valence-electron chi connectivity index (χ2n) is 0.513. The second-order valence-corrected chi connectivity index (χ2v) is 13.9. The maximum absolute atomic E-state index is 4.53. The maximum atomic E-state index is 4.53. The van der Waals surface area contributed by atoms with E-state index in [1.807, 2.05) is 0 Å². The highest BCUT2D eigenvalue weighted by molar-refractivity contribution is 9.14. The van der Waals surface area contributed by atoms with Gasteiger partial charge in [-0.25, -0.2) is 0 Å². The summed E-state index contributed by atoms with van der Waals surface area (Å²) in [6.07, 6.45) is 0. The van der Waals surface area contributed by atoms with Crippen LogP contribution in [-0.4, -0.2) is 0 Å². The molecule has 0 spiro atoms. The van der Waals surface area contributed by atoms with Gasteiger partial charge in [-0.3, -0.25) is 0 Å². The molecule has 0 rings (SSSR count). The monoisotopic (exact) mass is 196 g/mol. The molecule has 6 heteroatoms. The van der Waals surface area contributed by atoms with Gasteiger partial charge in [-0.2, -0.15) is 9.90 Å². The van der Waals surface area contributed by atoms with E-state index in [0.717, 1.165) is 0 Å². The summed E-state index contributed by atoms with van der Waals surface area (Å²) in [6, 6.07) is 0. The molecule has 0 fully saturated rings. The first-order valence-electron chi connectivity index (χ1n) is 0.783. The quantitative estimate of drug-likeness (QED) is 0.394. The van der Waals surface area contributed by atoms with Crippen molar-refractivity contribution in [3.05, 3.63) is 0 Å². The largest absolute Gasteiger partial charge is 0.153 e. The van der Waals surface area contributed by atoms with Gasteiger partial charge in [0.1, 0.15) is 3.64 Å². The molecular weight excluding hydrogens is 190 g/mol. The SMILES string of the molecule is P.S=P(S)(S)S. The summed E-state index contributed by atoms with van der Waals surface area (Å²) in [5.74, 6) is 0. The Morgan fingerprint density at radius 1 is 1.17 bits per heavy atom. The van der Waals surface area contributed by atoms with E-state index < -0.39 is 3.64 Å². The first-order chi connectivity index (χ1) is 2.00. The van der Waals surface area contributed by atoms with Gasteiger partial charge in [0.25, 0.3) is 0 Å². The average Bonchev–Trinajstić information content (AvgIpc) is 0.722. The van der Waals surface area contributed by atoms with Crippen LogP contribution in [0, 0.1) is 0 Å². The Morgan fingerprint density at radius 3 is 1.17 bits per heavy atom. The van der Waals surface area contributed by atoms with Crippen LogP contribution in [-0.2, 0) is 11.8 Å². The Bertz CT molecular complexity index is 51.7. The molecular formula is H6P2S4. The lowest BCUT2D eigenvalue weighted by Gasteiger charge is -1.88. The van der Waals surface area contributed by atoms with Crippen LogP contribution < -0.4 is 0 Å². The van der Waals surface area contributed by atoms with Crippen molar-refractivity contribution < 1.29 is 0 Å². The molecule has 0 saturated carbocycles. The third-order valence-electron chi connectivity index (χ3n) is 0. The van der Waals surface area contributed by atoms with Crippen molar-refractivity contribution >= 4 is 62.1 Å². The van der Waals surface area contributed by atoms with E-state index in [4.69, 9.17) is 0 Å². The number of thiol groups is 3. The number of hydrogen-bond acceptors (Lipinski definition) is 1. The molecule has 0 bridgehead atoms. The van der Waals surface area contributed by atoms with Crippen LogP contribution in [0.1, 0.15) is 0 Å². The molecule has 0 aromatic carbocycles. The molecule has 0 aliphatic heterocycles. The lowest BCUT2D eigenvalue weighted by Crippen LogP contribution is -1.19. The van der Waals surface area contributed by atoms with Gasteiger partial charge in [-0.05, 0) is 0 Å². The molecule has 0 radical (unpaired) electrons. The molecule has 6 heavy (non-hydrogen) atoms. The maximum Gasteiger partial charge on any atom is 0.100 e. The van der Waals surface area contributed by atoms with Gasteiger partial charge in [-0.15, -0.1) is 36.7 Å². The zero-order valence-electron chi connectivity index (χ0n) is 2.90. The molecule has 1 unspecified atom stereocenters. The Labute approximate surface area is 62.0 Å². The van der Waals surface area contributed by atoms with Crippen LogP contribution in [0.4, 0.5) is 0 Å². The molecule has 0 saturated heterocycles. The van der Waals surface area contributed by atoms with E-state index in [2.05, 4.69) is 48.6 Å². The molecule has 40 valence electrons.